The van der Waals surface area contributed by atoms with Gasteiger partial charge < -0.3 is 9.47 Å². The molecule has 0 spiro atoms. The highest BCUT2D eigenvalue weighted by molar-refractivity contribution is 6.09. The molecule has 0 atom stereocenters. The van der Waals surface area contributed by atoms with Gasteiger partial charge in [0.25, 0.3) is 0 Å². The first-order valence-electron chi connectivity index (χ1n) is 6.82. The number of nitrogens with one attached hydrogen (secondary N) is 1. The van der Waals surface area contributed by atoms with Crippen LogP contribution in [0.1, 0.15) is 20.8 Å². The summed E-state index contributed by atoms with van der Waals surface area (Å²) in [4.78, 5) is 36.2. The number of H-pyrrole nitrogens is 1. The summed E-state index contributed by atoms with van der Waals surface area (Å²) < 4.78 is 10.3. The summed E-state index contributed by atoms with van der Waals surface area (Å²) in [6.07, 6.45) is 0. The number of carbonyl (C=O) groups excluding carboxylic acids is 2. The highest BCUT2D eigenvalue weighted by atomic mass is 16.5. The molecule has 3 rings (SSSR count). The first-order chi connectivity index (χ1) is 11.6. The van der Waals surface area contributed by atoms with Gasteiger partial charge in [0.05, 0.1) is 14.2 Å². The minimum atomic E-state index is -0.863. The number of carbonyl (C=O) groups is 2. The summed E-state index contributed by atoms with van der Waals surface area (Å²) in [5, 5.41) is 10.2. The molecule has 0 bridgehead atoms. The number of methoxy groups -OCH3 is 2. The third kappa shape index (κ3) is 2.32. The molecule has 3 aromatic rings. The van der Waals surface area contributed by atoms with Crippen molar-refractivity contribution in [3.8, 4) is 11.3 Å². The van der Waals surface area contributed by atoms with Crippen molar-refractivity contribution in [3.05, 3.63) is 52.1 Å². The van der Waals surface area contributed by atoms with Crippen LogP contribution in [0.4, 0.5) is 0 Å². The highest BCUT2D eigenvalue weighted by Crippen LogP contribution is 2.26. The summed E-state index contributed by atoms with van der Waals surface area (Å²) in [6, 6.07) is 8.84. The Morgan fingerprint density at radius 3 is 2.38 bits per heavy atom. The van der Waals surface area contributed by atoms with Crippen molar-refractivity contribution < 1.29 is 19.1 Å². The van der Waals surface area contributed by atoms with Crippen LogP contribution in [0.2, 0.25) is 0 Å². The van der Waals surface area contributed by atoms with Crippen molar-refractivity contribution in [1.82, 2.24) is 19.8 Å². The van der Waals surface area contributed by atoms with E-state index in [2.05, 4.69) is 20.0 Å². The van der Waals surface area contributed by atoms with E-state index in [-0.39, 0.29) is 22.5 Å². The van der Waals surface area contributed by atoms with Crippen LogP contribution in [-0.2, 0) is 9.47 Å². The predicted octanol–water partition coefficient (Wildman–Crippen LogP) is 0.658. The van der Waals surface area contributed by atoms with Crippen LogP contribution in [0.25, 0.3) is 16.8 Å². The molecule has 0 radical (unpaired) electrons. The van der Waals surface area contributed by atoms with Crippen molar-refractivity contribution in [2.45, 2.75) is 0 Å². The quantitative estimate of drug-likeness (QED) is 0.702. The van der Waals surface area contributed by atoms with E-state index in [1.807, 2.05) is 6.07 Å². The number of ether oxygens (including phenoxy) is 2. The average molecular weight is 328 g/mol. The Hall–Kier alpha value is -3.49. The normalized spacial score (nSPS) is 10.6. The molecule has 24 heavy (non-hydrogen) atoms. The van der Waals surface area contributed by atoms with Gasteiger partial charge in [-0.2, -0.15) is 14.7 Å². The Kier molecular flexibility index (Phi) is 3.82. The number of hydrogen-bond donors (Lipinski definition) is 1. The van der Waals surface area contributed by atoms with Crippen molar-refractivity contribution in [2.75, 3.05) is 14.2 Å². The molecule has 0 aliphatic carbocycles. The second kappa shape index (κ2) is 5.95. The number of esters is 2. The molecule has 0 saturated carbocycles. The molecule has 0 amide bonds. The van der Waals surface area contributed by atoms with Gasteiger partial charge in [0.15, 0.2) is 5.69 Å². The van der Waals surface area contributed by atoms with E-state index in [0.29, 0.717) is 5.56 Å². The summed E-state index contributed by atoms with van der Waals surface area (Å²) in [5.41, 5.74) is -0.234. The van der Waals surface area contributed by atoms with E-state index < -0.39 is 17.6 Å². The zero-order valence-corrected chi connectivity index (χ0v) is 12.8. The Balaban J connectivity index is 2.46. The lowest BCUT2D eigenvalue weighted by Crippen LogP contribution is -2.20. The maximum atomic E-state index is 12.2. The van der Waals surface area contributed by atoms with Gasteiger partial charge in [-0.15, -0.1) is 0 Å². The fourth-order valence-electron chi connectivity index (χ4n) is 2.32. The van der Waals surface area contributed by atoms with Gasteiger partial charge in [0.2, 0.25) is 0 Å². The molecule has 2 aromatic heterocycles. The van der Waals surface area contributed by atoms with E-state index in [1.165, 1.54) is 0 Å². The number of benzene rings is 1. The number of hydrogen-bond acceptors (Lipinski definition) is 7. The largest absolute Gasteiger partial charge is 0.465 e. The summed E-state index contributed by atoms with van der Waals surface area (Å²) in [7, 11) is 2.31. The number of aromatic amines is 1. The molecular weight excluding hydrogens is 316 g/mol. The maximum Gasteiger partial charge on any atom is 0.363 e. The van der Waals surface area contributed by atoms with Crippen LogP contribution in [0.5, 0.6) is 0 Å². The monoisotopic (exact) mass is 328 g/mol. The standard InChI is InChI=1S/C15H12N4O5/c1-23-13(20)9-11(14(21)24-2)18-19-12(9)10(16-17-15(19)22)8-6-4-3-5-7-8/h3-7H,1-2H3,(H,17,22). The lowest BCUT2D eigenvalue weighted by atomic mass is 10.1. The lowest BCUT2D eigenvalue weighted by molar-refractivity contribution is 0.0553. The first kappa shape index (κ1) is 15.4. The number of nitrogens with zero attached hydrogens (tertiary/aromatic N) is 3. The van der Waals surface area contributed by atoms with Gasteiger partial charge >= 0.3 is 17.6 Å². The summed E-state index contributed by atoms with van der Waals surface area (Å²) in [5.74, 6) is -1.69. The number of rotatable bonds is 3. The highest BCUT2D eigenvalue weighted by Gasteiger charge is 2.29. The fourth-order valence-corrected chi connectivity index (χ4v) is 2.32. The molecule has 9 nitrogen and oxygen atoms in total. The Morgan fingerprint density at radius 1 is 1.08 bits per heavy atom. The molecule has 0 unspecified atom stereocenters. The van der Waals surface area contributed by atoms with Gasteiger partial charge in [-0.3, -0.25) is 0 Å². The van der Waals surface area contributed by atoms with Crippen molar-refractivity contribution in [3.63, 3.8) is 0 Å². The number of fused-ring (bicyclic) bond motifs is 1. The molecule has 0 saturated heterocycles. The Morgan fingerprint density at radius 2 is 1.75 bits per heavy atom. The molecule has 122 valence electrons. The lowest BCUT2D eigenvalue weighted by Gasteiger charge is -2.04. The van der Waals surface area contributed by atoms with Crippen LogP contribution < -0.4 is 5.69 Å². The fraction of sp³-hybridized carbons (Fsp3) is 0.133. The minimum absolute atomic E-state index is 0.0669. The van der Waals surface area contributed by atoms with Crippen molar-refractivity contribution in [1.29, 1.82) is 0 Å². The second-order valence-corrected chi connectivity index (χ2v) is 4.71. The molecular formula is C15H12N4O5. The third-order valence-electron chi connectivity index (χ3n) is 3.38. The first-order valence-corrected chi connectivity index (χ1v) is 6.82. The SMILES string of the molecule is COC(=O)c1nn2c(=O)[nH]nc(-c3ccccc3)c2c1C(=O)OC. The van der Waals surface area contributed by atoms with Crippen LogP contribution in [-0.4, -0.2) is 46.0 Å². The van der Waals surface area contributed by atoms with E-state index >= 15 is 0 Å². The van der Waals surface area contributed by atoms with Crippen LogP contribution in [0, 0.1) is 0 Å². The second-order valence-electron chi connectivity index (χ2n) is 4.71. The van der Waals surface area contributed by atoms with Crippen molar-refractivity contribution >= 4 is 17.5 Å². The Bertz CT molecular complexity index is 990. The predicted molar refractivity (Wildman–Crippen MR) is 81.7 cm³/mol. The van der Waals surface area contributed by atoms with E-state index in [1.54, 1.807) is 24.3 Å². The Labute approximate surface area is 134 Å². The van der Waals surface area contributed by atoms with E-state index in [0.717, 1.165) is 18.7 Å². The van der Waals surface area contributed by atoms with E-state index in [4.69, 9.17) is 4.74 Å². The molecule has 0 aliphatic rings. The van der Waals surface area contributed by atoms with Gasteiger partial charge in [0, 0.05) is 5.56 Å². The summed E-state index contributed by atoms with van der Waals surface area (Å²) in [6.45, 7) is 0. The molecule has 0 aliphatic heterocycles. The van der Waals surface area contributed by atoms with Gasteiger partial charge in [0.1, 0.15) is 16.8 Å². The zero-order chi connectivity index (χ0) is 17.3. The smallest absolute Gasteiger partial charge is 0.363 e. The van der Waals surface area contributed by atoms with Crippen LogP contribution >= 0.6 is 0 Å². The van der Waals surface area contributed by atoms with Gasteiger partial charge in [-0.25, -0.2) is 19.5 Å². The van der Waals surface area contributed by atoms with Crippen LogP contribution in [0.3, 0.4) is 0 Å². The maximum absolute atomic E-state index is 12.2. The van der Waals surface area contributed by atoms with Crippen molar-refractivity contribution in [2.24, 2.45) is 0 Å². The average Bonchev–Trinajstić information content (AvgIpc) is 3.03. The minimum Gasteiger partial charge on any atom is -0.465 e. The molecule has 0 fully saturated rings. The molecule has 2 heterocycles. The topological polar surface area (TPSA) is 116 Å². The summed E-state index contributed by atoms with van der Waals surface area (Å²) >= 11 is 0. The van der Waals surface area contributed by atoms with Gasteiger partial charge in [-0.05, 0) is 0 Å². The molecule has 1 N–H and O–H groups in total. The third-order valence-corrected chi connectivity index (χ3v) is 3.38. The van der Waals surface area contributed by atoms with Crippen LogP contribution in [0.15, 0.2) is 35.1 Å². The van der Waals surface area contributed by atoms with Gasteiger partial charge in [-0.1, -0.05) is 30.3 Å². The van der Waals surface area contributed by atoms with E-state index in [9.17, 15) is 14.4 Å². The molecule has 1 aromatic carbocycles. The number of aromatic nitrogens is 4. The zero-order valence-electron chi connectivity index (χ0n) is 12.8. The molecule has 9 heteroatoms.